The van der Waals surface area contributed by atoms with Gasteiger partial charge in [0.2, 0.25) is 0 Å². The summed E-state index contributed by atoms with van der Waals surface area (Å²) in [6, 6.07) is 0. The van der Waals surface area contributed by atoms with E-state index in [1.54, 1.807) is 0 Å². The van der Waals surface area contributed by atoms with E-state index in [1.165, 1.54) is 0 Å². The van der Waals surface area contributed by atoms with Gasteiger partial charge in [-0.05, 0) is 0 Å². The van der Waals surface area contributed by atoms with Crippen molar-refractivity contribution in [1.82, 2.24) is 0 Å². The molecule has 28 valence electrons. The summed E-state index contributed by atoms with van der Waals surface area (Å²) in [7, 11) is 0. The van der Waals surface area contributed by atoms with Gasteiger partial charge < -0.3 is 10.8 Å². The number of hydrogen-bond donors (Lipinski definition) is 2. The van der Waals surface area contributed by atoms with Gasteiger partial charge in [-0.2, -0.15) is 0 Å². The van der Waals surface area contributed by atoms with Crippen LogP contribution >= 0.6 is 0 Å². The fourth-order valence-electron chi connectivity index (χ4n) is 0. The maximum Gasteiger partial charge on any atom is 0.0906 e. The summed E-state index contributed by atoms with van der Waals surface area (Å²) in [6.45, 7) is -0.250. The molecule has 0 saturated carbocycles. The molecule has 0 aromatic heterocycles. The molecule has 0 radical (unpaired) electrons. The third-order valence-electron chi connectivity index (χ3n) is 0. The molecule has 0 bridgehead atoms. The predicted octanol–water partition coefficient (Wildman–Crippen LogP) is -0.469. The van der Waals surface area contributed by atoms with E-state index in [0.717, 1.165) is 0 Å². The van der Waals surface area contributed by atoms with Gasteiger partial charge in [-0.15, -0.1) is 0 Å². The Morgan fingerprint density at radius 2 is 1.75 bits per heavy atom. The highest BCUT2D eigenvalue weighted by molar-refractivity contribution is 3.76. The number of aliphatic hydroxyl groups excluding tert-OH is 1. The van der Waals surface area contributed by atoms with Crippen LogP contribution in [0.2, 0.25) is 0 Å². The van der Waals surface area contributed by atoms with E-state index in [4.69, 9.17) is 5.11 Å². The van der Waals surface area contributed by atoms with Crippen molar-refractivity contribution in [3.05, 3.63) is 0 Å². The van der Waals surface area contributed by atoms with Crippen molar-refractivity contribution in [2.24, 2.45) is 5.73 Å². The molecule has 0 aromatic carbocycles. The standard InChI is InChI=1S/CH5NO.CH4/c2-1-3;/h3H,1-2H2;1H4. The van der Waals surface area contributed by atoms with Crippen LogP contribution in [0.5, 0.6) is 0 Å². The lowest BCUT2D eigenvalue weighted by atomic mass is 11.4. The van der Waals surface area contributed by atoms with Crippen LogP contribution in [0.25, 0.3) is 0 Å². The molecule has 4 heavy (non-hydrogen) atoms. The van der Waals surface area contributed by atoms with Crippen molar-refractivity contribution in [2.75, 3.05) is 6.73 Å². The first kappa shape index (κ1) is 9.07. The zero-order chi connectivity index (χ0) is 2.71. The van der Waals surface area contributed by atoms with E-state index >= 15 is 0 Å². The number of hydrogen-bond acceptors (Lipinski definition) is 2. The van der Waals surface area contributed by atoms with Crippen LogP contribution < -0.4 is 5.73 Å². The summed E-state index contributed by atoms with van der Waals surface area (Å²) in [5.74, 6) is 0. The molecule has 2 heteroatoms. The van der Waals surface area contributed by atoms with Crippen LogP contribution in [0, 0.1) is 0 Å². The normalized spacial score (nSPS) is 4.50. The van der Waals surface area contributed by atoms with Crippen molar-refractivity contribution in [1.29, 1.82) is 0 Å². The number of aliphatic hydroxyl groups is 1. The van der Waals surface area contributed by atoms with Crippen LogP contribution in [0.1, 0.15) is 7.43 Å². The van der Waals surface area contributed by atoms with Gasteiger partial charge in [-0.25, -0.2) is 0 Å². The zero-order valence-corrected chi connectivity index (χ0v) is 1.73. The first-order chi connectivity index (χ1) is 1.41. The van der Waals surface area contributed by atoms with Gasteiger partial charge in [-0.3, -0.25) is 0 Å². The Morgan fingerprint density at radius 3 is 1.75 bits per heavy atom. The maximum atomic E-state index is 7.35. The molecule has 0 atom stereocenters. The van der Waals surface area contributed by atoms with Gasteiger partial charge in [0.05, 0.1) is 6.73 Å². The largest absolute Gasteiger partial charge is 0.382 e. The highest BCUT2D eigenvalue weighted by Gasteiger charge is 1.30. The molecule has 0 spiro atoms. The average Bonchev–Trinajstić information content (AvgIpc) is 0.918. The van der Waals surface area contributed by atoms with E-state index in [-0.39, 0.29) is 14.2 Å². The van der Waals surface area contributed by atoms with Gasteiger partial charge in [0.15, 0.2) is 0 Å². The second kappa shape index (κ2) is 12.7. The summed E-state index contributed by atoms with van der Waals surface area (Å²) < 4.78 is 0. The fourth-order valence-corrected chi connectivity index (χ4v) is 0. The van der Waals surface area contributed by atoms with Crippen LogP contribution in [0.15, 0.2) is 0 Å². The molecule has 0 aliphatic carbocycles. The number of rotatable bonds is 0. The second-order valence-corrected chi connectivity index (χ2v) is 0.183. The SMILES string of the molecule is C.NCO. The lowest BCUT2D eigenvalue weighted by Crippen LogP contribution is -1.92. The highest BCUT2D eigenvalue weighted by atomic mass is 16.3. The number of nitrogens with two attached hydrogens (primary N) is 1. The first-order valence-corrected chi connectivity index (χ1v) is 0.724. The van der Waals surface area contributed by atoms with E-state index in [2.05, 4.69) is 5.73 Å². The Hall–Kier alpha value is -0.0800. The highest BCUT2D eigenvalue weighted by Crippen LogP contribution is 1.04. The summed E-state index contributed by atoms with van der Waals surface area (Å²) in [4.78, 5) is 0. The summed E-state index contributed by atoms with van der Waals surface area (Å²) in [5, 5.41) is 7.35. The van der Waals surface area contributed by atoms with Gasteiger partial charge in [-0.1, -0.05) is 7.43 Å². The van der Waals surface area contributed by atoms with Gasteiger partial charge in [0.25, 0.3) is 0 Å². The molecule has 0 rings (SSSR count). The molecule has 0 aromatic rings. The minimum absolute atomic E-state index is 0. The van der Waals surface area contributed by atoms with Gasteiger partial charge >= 0.3 is 0 Å². The fraction of sp³-hybridized carbons (Fsp3) is 1.00. The molecule has 0 unspecified atom stereocenters. The van der Waals surface area contributed by atoms with Crippen molar-refractivity contribution < 1.29 is 5.11 Å². The van der Waals surface area contributed by atoms with Crippen molar-refractivity contribution in [3.8, 4) is 0 Å². The zero-order valence-electron chi connectivity index (χ0n) is 1.73. The molecule has 0 amide bonds. The first-order valence-electron chi connectivity index (χ1n) is 0.724. The Balaban J connectivity index is 0. The summed E-state index contributed by atoms with van der Waals surface area (Å²) in [6.07, 6.45) is 0. The second-order valence-electron chi connectivity index (χ2n) is 0.183. The third-order valence-corrected chi connectivity index (χ3v) is 0. The smallest absolute Gasteiger partial charge is 0.0906 e. The lowest BCUT2D eigenvalue weighted by molar-refractivity contribution is 0.307. The monoisotopic (exact) mass is 63.1 g/mol. The van der Waals surface area contributed by atoms with E-state index < -0.39 is 0 Å². The van der Waals surface area contributed by atoms with Crippen molar-refractivity contribution >= 4 is 0 Å². The van der Waals surface area contributed by atoms with E-state index in [9.17, 15) is 0 Å². The molecular formula is C2H9NO. The molecule has 0 saturated heterocycles. The van der Waals surface area contributed by atoms with Crippen molar-refractivity contribution in [3.63, 3.8) is 0 Å². The van der Waals surface area contributed by atoms with Gasteiger partial charge in [0.1, 0.15) is 0 Å². The molecule has 0 heterocycles. The Bertz CT molecular complexity index is 6.00. The average molecular weight is 63.1 g/mol. The Morgan fingerprint density at radius 1 is 1.75 bits per heavy atom. The van der Waals surface area contributed by atoms with Crippen LogP contribution in [0.3, 0.4) is 0 Å². The minimum Gasteiger partial charge on any atom is -0.382 e. The topological polar surface area (TPSA) is 46.2 Å². The maximum absolute atomic E-state index is 7.35. The minimum atomic E-state index is -0.250. The third kappa shape index (κ3) is 254. The summed E-state index contributed by atoms with van der Waals surface area (Å²) >= 11 is 0. The Kier molecular flexibility index (Phi) is 28.8. The van der Waals surface area contributed by atoms with Crippen LogP contribution in [0.4, 0.5) is 0 Å². The quantitative estimate of drug-likeness (QED) is 0.373. The summed E-state index contributed by atoms with van der Waals surface area (Å²) in [5.41, 5.74) is 4.40. The predicted molar refractivity (Wildman–Crippen MR) is 18.0 cm³/mol. The Labute approximate surface area is 26.2 Å². The van der Waals surface area contributed by atoms with Gasteiger partial charge in [0, 0.05) is 0 Å². The molecule has 2 nitrogen and oxygen atoms in total. The van der Waals surface area contributed by atoms with Crippen LogP contribution in [-0.2, 0) is 0 Å². The van der Waals surface area contributed by atoms with Crippen molar-refractivity contribution in [2.45, 2.75) is 7.43 Å². The van der Waals surface area contributed by atoms with E-state index in [0.29, 0.717) is 0 Å². The van der Waals surface area contributed by atoms with Crippen LogP contribution in [-0.4, -0.2) is 11.8 Å². The molecular weight excluding hydrogens is 54.0 g/mol. The molecule has 0 fully saturated rings. The molecule has 3 N–H and O–H groups in total. The molecule has 0 aliphatic heterocycles. The van der Waals surface area contributed by atoms with E-state index in [1.807, 2.05) is 0 Å². The molecule has 0 aliphatic rings. The lowest BCUT2D eigenvalue weighted by Gasteiger charge is -1.56.